The number of hydrazone groups is 1. The number of benzene rings is 4. The number of carbonyl (C=O) groups excluding carboxylic acids is 1. The highest BCUT2D eigenvalue weighted by molar-refractivity contribution is 14.1. The van der Waals surface area contributed by atoms with Crippen molar-refractivity contribution in [2.75, 3.05) is 7.11 Å². The number of methoxy groups -OCH3 is 1. The fourth-order valence-electron chi connectivity index (χ4n) is 4.58. The maximum Gasteiger partial charge on any atom is 0.271 e. The van der Waals surface area contributed by atoms with Gasteiger partial charge in [0, 0.05) is 29.1 Å². The van der Waals surface area contributed by atoms with E-state index < -0.39 is 4.92 Å². The average molecular weight is 687 g/mol. The van der Waals surface area contributed by atoms with Gasteiger partial charge in [-0.3, -0.25) is 14.9 Å². The van der Waals surface area contributed by atoms with Crippen molar-refractivity contribution in [3.05, 3.63) is 139 Å². The van der Waals surface area contributed by atoms with Crippen molar-refractivity contribution in [3.63, 3.8) is 0 Å². The van der Waals surface area contributed by atoms with E-state index in [1.807, 2.05) is 43.3 Å². The normalized spacial score (nSPS) is 11.0. The van der Waals surface area contributed by atoms with Crippen molar-refractivity contribution in [3.8, 4) is 28.4 Å². The van der Waals surface area contributed by atoms with Crippen molar-refractivity contribution in [2.45, 2.75) is 13.5 Å². The number of aromatic nitrogens is 1. The smallest absolute Gasteiger partial charge is 0.271 e. The summed E-state index contributed by atoms with van der Waals surface area (Å²) in [6.45, 7) is 2.18. The predicted octanol–water partition coefficient (Wildman–Crippen LogP) is 7.32. The summed E-state index contributed by atoms with van der Waals surface area (Å²) in [5.74, 6) is 0.633. The van der Waals surface area contributed by atoms with Gasteiger partial charge in [0.25, 0.3) is 11.6 Å². The third-order valence-electron chi connectivity index (χ3n) is 6.67. The van der Waals surface area contributed by atoms with Gasteiger partial charge in [-0.1, -0.05) is 42.5 Å². The number of non-ortho nitro benzene ring substituents is 1. The highest BCUT2D eigenvalue weighted by atomic mass is 127. The maximum atomic E-state index is 12.8. The quantitative estimate of drug-likeness (QED) is 0.0718. The summed E-state index contributed by atoms with van der Waals surface area (Å²) in [7, 11) is 1.52. The molecule has 1 amide bonds. The van der Waals surface area contributed by atoms with E-state index in [4.69, 9.17) is 9.47 Å². The number of amides is 1. The van der Waals surface area contributed by atoms with E-state index in [-0.39, 0.29) is 18.2 Å². The number of hydrogen-bond donors (Lipinski definition) is 1. The van der Waals surface area contributed by atoms with Crippen LogP contribution in [0.1, 0.15) is 27.2 Å². The van der Waals surface area contributed by atoms with Crippen LogP contribution in [0.3, 0.4) is 0 Å². The van der Waals surface area contributed by atoms with Crippen LogP contribution in [0.25, 0.3) is 16.9 Å². The molecular weight excluding hydrogens is 659 g/mol. The topological polar surface area (TPSA) is 108 Å². The van der Waals surface area contributed by atoms with Gasteiger partial charge in [0.05, 0.1) is 27.5 Å². The molecule has 0 aliphatic carbocycles. The highest BCUT2D eigenvalue weighted by Crippen LogP contribution is 2.34. The Morgan fingerprint density at radius 2 is 1.77 bits per heavy atom. The lowest BCUT2D eigenvalue weighted by Gasteiger charge is -2.13. The molecule has 10 heteroatoms. The van der Waals surface area contributed by atoms with Gasteiger partial charge >= 0.3 is 0 Å². The Bertz CT molecular complexity index is 1800. The summed E-state index contributed by atoms with van der Waals surface area (Å²) in [5.41, 5.74) is 8.63. The first-order chi connectivity index (χ1) is 20.8. The van der Waals surface area contributed by atoms with E-state index in [1.165, 1.54) is 25.5 Å². The standard InChI is InChI=1S/C33H27IN4O5/c1-22-11-16-30(25-8-4-3-5-9-25)37(22)27-14-12-26(13-15-27)33(39)36-35-20-24-18-29(34)32(31(19-24)42-2)43-21-23-7-6-10-28(17-23)38(40)41/h3-20H,21H2,1-2H3,(H,36,39)/b35-20+. The van der Waals surface area contributed by atoms with E-state index in [0.29, 0.717) is 28.2 Å². The predicted molar refractivity (Wildman–Crippen MR) is 174 cm³/mol. The number of nitro benzene ring substituents is 1. The number of ether oxygens (including phenoxy) is 2. The molecule has 1 heterocycles. The minimum Gasteiger partial charge on any atom is -0.493 e. The molecule has 0 bridgehead atoms. The van der Waals surface area contributed by atoms with Crippen molar-refractivity contribution in [1.29, 1.82) is 0 Å². The van der Waals surface area contributed by atoms with Gasteiger partial charge in [-0.2, -0.15) is 5.10 Å². The van der Waals surface area contributed by atoms with Gasteiger partial charge < -0.3 is 14.0 Å². The lowest BCUT2D eigenvalue weighted by molar-refractivity contribution is -0.384. The zero-order valence-corrected chi connectivity index (χ0v) is 25.5. The van der Waals surface area contributed by atoms with Crippen LogP contribution in [0, 0.1) is 20.6 Å². The van der Waals surface area contributed by atoms with E-state index >= 15 is 0 Å². The largest absolute Gasteiger partial charge is 0.493 e. The molecule has 1 aromatic heterocycles. The summed E-state index contributed by atoms with van der Waals surface area (Å²) >= 11 is 2.12. The van der Waals surface area contributed by atoms with Crippen LogP contribution in [0.2, 0.25) is 0 Å². The molecule has 5 rings (SSSR count). The van der Waals surface area contributed by atoms with Crippen LogP contribution < -0.4 is 14.9 Å². The second-order valence-electron chi connectivity index (χ2n) is 9.56. The monoisotopic (exact) mass is 686 g/mol. The van der Waals surface area contributed by atoms with Crippen LogP contribution in [-0.2, 0) is 6.61 Å². The maximum absolute atomic E-state index is 12.8. The van der Waals surface area contributed by atoms with Gasteiger partial charge in [-0.15, -0.1) is 0 Å². The minimum absolute atomic E-state index is 0.000468. The van der Waals surface area contributed by atoms with Crippen molar-refractivity contribution >= 4 is 40.4 Å². The Labute approximate surface area is 262 Å². The Balaban J connectivity index is 1.25. The summed E-state index contributed by atoms with van der Waals surface area (Å²) in [6.07, 6.45) is 1.52. The van der Waals surface area contributed by atoms with Crippen LogP contribution in [0.5, 0.6) is 11.5 Å². The van der Waals surface area contributed by atoms with Crippen molar-refractivity contribution < 1.29 is 19.2 Å². The van der Waals surface area contributed by atoms with Gasteiger partial charge in [0.1, 0.15) is 6.61 Å². The van der Waals surface area contributed by atoms with Crippen molar-refractivity contribution in [1.82, 2.24) is 9.99 Å². The van der Waals surface area contributed by atoms with Crippen LogP contribution in [0.4, 0.5) is 5.69 Å². The Kier molecular flexibility index (Phi) is 9.16. The Morgan fingerprint density at radius 3 is 2.49 bits per heavy atom. The lowest BCUT2D eigenvalue weighted by Crippen LogP contribution is -2.17. The molecule has 0 atom stereocenters. The van der Waals surface area contributed by atoms with Gasteiger partial charge in [0.2, 0.25) is 0 Å². The second kappa shape index (κ2) is 13.3. The molecule has 0 saturated heterocycles. The van der Waals surface area contributed by atoms with Gasteiger partial charge in [0.15, 0.2) is 11.5 Å². The second-order valence-corrected chi connectivity index (χ2v) is 10.7. The molecule has 0 fully saturated rings. The molecule has 0 radical (unpaired) electrons. The third-order valence-corrected chi connectivity index (χ3v) is 7.47. The van der Waals surface area contributed by atoms with Gasteiger partial charge in [-0.25, -0.2) is 5.43 Å². The number of nitro groups is 1. The Morgan fingerprint density at radius 1 is 1.00 bits per heavy atom. The molecule has 216 valence electrons. The number of nitrogens with one attached hydrogen (secondary N) is 1. The van der Waals surface area contributed by atoms with Crippen LogP contribution in [-0.4, -0.2) is 28.7 Å². The van der Waals surface area contributed by atoms with Crippen molar-refractivity contribution in [2.24, 2.45) is 5.10 Å². The summed E-state index contributed by atoms with van der Waals surface area (Å²) in [4.78, 5) is 23.4. The molecule has 4 aromatic carbocycles. The van der Waals surface area contributed by atoms with E-state index in [9.17, 15) is 14.9 Å². The number of carbonyl (C=O) groups is 1. The molecular formula is C33H27IN4O5. The summed E-state index contributed by atoms with van der Waals surface area (Å²) < 4.78 is 14.4. The molecule has 9 nitrogen and oxygen atoms in total. The first-order valence-electron chi connectivity index (χ1n) is 13.3. The molecule has 0 spiro atoms. The Hall–Kier alpha value is -4.97. The molecule has 5 aromatic rings. The molecule has 0 aliphatic heterocycles. The van der Waals surface area contributed by atoms with E-state index in [0.717, 1.165) is 26.2 Å². The summed E-state index contributed by atoms with van der Waals surface area (Å²) in [5, 5.41) is 15.2. The zero-order valence-electron chi connectivity index (χ0n) is 23.4. The van der Waals surface area contributed by atoms with Crippen LogP contribution >= 0.6 is 22.6 Å². The number of aryl methyl sites for hydroxylation is 1. The minimum atomic E-state index is -0.442. The molecule has 0 saturated carbocycles. The fraction of sp³-hybridized carbons (Fsp3) is 0.0909. The lowest BCUT2D eigenvalue weighted by atomic mass is 10.1. The zero-order chi connectivity index (χ0) is 30.3. The first kappa shape index (κ1) is 29.5. The molecule has 0 unspecified atom stereocenters. The van der Waals surface area contributed by atoms with Crippen LogP contribution in [0.15, 0.2) is 108 Å². The molecule has 1 N–H and O–H groups in total. The van der Waals surface area contributed by atoms with E-state index in [1.54, 1.807) is 30.3 Å². The number of nitrogens with zero attached hydrogens (tertiary/aromatic N) is 3. The van der Waals surface area contributed by atoms with E-state index in [2.05, 4.69) is 62.0 Å². The number of rotatable bonds is 10. The molecule has 0 aliphatic rings. The number of hydrogen-bond acceptors (Lipinski definition) is 6. The highest BCUT2D eigenvalue weighted by Gasteiger charge is 2.14. The fourth-order valence-corrected chi connectivity index (χ4v) is 5.36. The molecule has 43 heavy (non-hydrogen) atoms. The average Bonchev–Trinajstić information content (AvgIpc) is 3.42. The number of halogens is 1. The third kappa shape index (κ3) is 6.92. The van der Waals surface area contributed by atoms with Gasteiger partial charge in [-0.05, 0) is 94.7 Å². The summed E-state index contributed by atoms with van der Waals surface area (Å²) in [6, 6.07) is 31.5. The SMILES string of the molecule is COc1cc(/C=N/NC(=O)c2ccc(-n3c(C)ccc3-c3ccccc3)cc2)cc(I)c1OCc1cccc([N+](=O)[O-])c1. The first-order valence-corrected chi connectivity index (χ1v) is 14.3.